The van der Waals surface area contributed by atoms with Crippen molar-refractivity contribution in [1.29, 1.82) is 0 Å². The molecule has 7 heteroatoms. The van der Waals surface area contributed by atoms with Gasteiger partial charge in [0.15, 0.2) is 0 Å². The number of thiophene rings is 1. The summed E-state index contributed by atoms with van der Waals surface area (Å²) in [5, 5.41) is 14.0. The zero-order chi connectivity index (χ0) is 18.7. The van der Waals surface area contributed by atoms with Gasteiger partial charge in [-0.1, -0.05) is 19.9 Å². The molecule has 0 atom stereocenters. The van der Waals surface area contributed by atoms with E-state index >= 15 is 0 Å². The summed E-state index contributed by atoms with van der Waals surface area (Å²) in [6.45, 7) is 5.51. The van der Waals surface area contributed by atoms with Gasteiger partial charge >= 0.3 is 5.97 Å². The van der Waals surface area contributed by atoms with E-state index in [0.29, 0.717) is 29.3 Å². The van der Waals surface area contributed by atoms with Crippen molar-refractivity contribution < 1.29 is 14.7 Å². The minimum absolute atomic E-state index is 0.0836. The molecule has 2 heterocycles. The number of carboxylic acid groups (broad SMARTS) is 1. The molecule has 136 valence electrons. The van der Waals surface area contributed by atoms with Crippen LogP contribution < -0.4 is 5.32 Å². The van der Waals surface area contributed by atoms with Crippen LogP contribution in [0.5, 0.6) is 0 Å². The number of benzene rings is 1. The summed E-state index contributed by atoms with van der Waals surface area (Å²) in [6, 6.07) is 8.65. The summed E-state index contributed by atoms with van der Waals surface area (Å²) in [5.74, 6) is 0.225. The van der Waals surface area contributed by atoms with Crippen molar-refractivity contribution in [3.05, 3.63) is 52.0 Å². The lowest BCUT2D eigenvalue weighted by Gasteiger charge is -2.12. The molecule has 0 aliphatic heterocycles. The molecule has 3 aromatic rings. The Bertz CT molecular complexity index is 929. The minimum atomic E-state index is -0.963. The zero-order valence-electron chi connectivity index (χ0n) is 14.7. The van der Waals surface area contributed by atoms with Gasteiger partial charge in [-0.2, -0.15) is 0 Å². The summed E-state index contributed by atoms with van der Waals surface area (Å²) in [7, 11) is 0. The number of carboxylic acids is 1. The second-order valence-corrected chi connectivity index (χ2v) is 7.47. The molecule has 1 aromatic carbocycles. The molecule has 0 saturated heterocycles. The van der Waals surface area contributed by atoms with Gasteiger partial charge in [-0.15, -0.1) is 11.3 Å². The number of hydrogen-bond acceptors (Lipinski definition) is 4. The van der Waals surface area contributed by atoms with Crippen LogP contribution in [0.15, 0.2) is 35.7 Å². The van der Waals surface area contributed by atoms with Crippen LogP contribution in [0.4, 0.5) is 0 Å². The van der Waals surface area contributed by atoms with Crippen molar-refractivity contribution in [3.63, 3.8) is 0 Å². The Hall–Kier alpha value is -2.67. The summed E-state index contributed by atoms with van der Waals surface area (Å²) in [6.07, 6.45) is 0.584. The first kappa shape index (κ1) is 18.1. The van der Waals surface area contributed by atoms with Crippen LogP contribution in [0.2, 0.25) is 0 Å². The van der Waals surface area contributed by atoms with Gasteiger partial charge in [-0.05, 0) is 35.6 Å². The first-order chi connectivity index (χ1) is 12.5. The van der Waals surface area contributed by atoms with Crippen LogP contribution in [0, 0.1) is 5.92 Å². The Balaban J connectivity index is 1.81. The molecule has 0 bridgehead atoms. The lowest BCUT2D eigenvalue weighted by molar-refractivity contribution is 0.0696. The second kappa shape index (κ2) is 7.70. The second-order valence-electron chi connectivity index (χ2n) is 6.52. The van der Waals surface area contributed by atoms with E-state index in [1.165, 1.54) is 11.3 Å². The predicted octanol–water partition coefficient (Wildman–Crippen LogP) is 3.42. The molecular weight excluding hydrogens is 350 g/mol. The third kappa shape index (κ3) is 3.94. The first-order valence-electron chi connectivity index (χ1n) is 8.50. The lowest BCUT2D eigenvalue weighted by Crippen LogP contribution is -2.26. The van der Waals surface area contributed by atoms with Gasteiger partial charge in [-0.3, -0.25) is 4.79 Å². The quantitative estimate of drug-likeness (QED) is 0.666. The number of aromatic nitrogens is 2. The first-order valence-corrected chi connectivity index (χ1v) is 9.38. The van der Waals surface area contributed by atoms with Crippen LogP contribution in [0.3, 0.4) is 0 Å². The Morgan fingerprint density at radius 1 is 1.31 bits per heavy atom. The third-order valence-corrected chi connectivity index (χ3v) is 4.87. The maximum absolute atomic E-state index is 12.1. The number of amides is 1. The SMILES string of the molecule is CC(C)Cn1c(CCNC(=O)c2cccs2)nc2cc(C(=O)O)ccc21. The predicted molar refractivity (Wildman–Crippen MR) is 102 cm³/mol. The molecule has 0 spiro atoms. The van der Waals surface area contributed by atoms with Crippen molar-refractivity contribution >= 4 is 34.2 Å². The summed E-state index contributed by atoms with van der Waals surface area (Å²) >= 11 is 1.41. The lowest BCUT2D eigenvalue weighted by atomic mass is 10.2. The molecule has 0 aliphatic carbocycles. The minimum Gasteiger partial charge on any atom is -0.478 e. The van der Waals surface area contributed by atoms with E-state index in [4.69, 9.17) is 0 Å². The van der Waals surface area contributed by atoms with E-state index in [9.17, 15) is 14.7 Å². The third-order valence-electron chi connectivity index (χ3n) is 4.00. The van der Waals surface area contributed by atoms with Gasteiger partial charge in [0.25, 0.3) is 5.91 Å². The standard InChI is InChI=1S/C19H21N3O3S/c1-12(2)11-22-15-6-5-13(19(24)25)10-14(15)21-17(22)7-8-20-18(23)16-4-3-9-26-16/h3-6,9-10,12H,7-8,11H2,1-2H3,(H,20,23)(H,24,25). The van der Waals surface area contributed by atoms with Crippen LogP contribution in [-0.4, -0.2) is 33.1 Å². The highest BCUT2D eigenvalue weighted by molar-refractivity contribution is 7.12. The largest absolute Gasteiger partial charge is 0.478 e. The molecule has 3 rings (SSSR count). The van der Waals surface area contributed by atoms with Gasteiger partial charge < -0.3 is 15.0 Å². The molecule has 2 N–H and O–H groups in total. The normalized spacial score (nSPS) is 11.2. The zero-order valence-corrected chi connectivity index (χ0v) is 15.5. The molecule has 0 fully saturated rings. The molecule has 1 amide bonds. The molecule has 0 radical (unpaired) electrons. The maximum atomic E-state index is 12.1. The van der Waals surface area contributed by atoms with E-state index in [2.05, 4.69) is 28.7 Å². The van der Waals surface area contributed by atoms with Crippen LogP contribution in [0.1, 0.15) is 39.7 Å². The number of aromatic carboxylic acids is 1. The number of hydrogen-bond donors (Lipinski definition) is 2. The number of nitrogens with one attached hydrogen (secondary N) is 1. The molecular formula is C19H21N3O3S. The van der Waals surface area contributed by atoms with Crippen LogP contribution in [0.25, 0.3) is 11.0 Å². The van der Waals surface area contributed by atoms with Gasteiger partial charge in [-0.25, -0.2) is 9.78 Å². The highest BCUT2D eigenvalue weighted by Gasteiger charge is 2.14. The van der Waals surface area contributed by atoms with E-state index in [0.717, 1.165) is 17.9 Å². The topological polar surface area (TPSA) is 84.2 Å². The number of nitrogens with zero attached hydrogens (tertiary/aromatic N) is 2. The number of rotatable bonds is 7. The number of carbonyl (C=O) groups is 2. The molecule has 0 aliphatic rings. The highest BCUT2D eigenvalue weighted by Crippen LogP contribution is 2.20. The Morgan fingerprint density at radius 3 is 2.77 bits per heavy atom. The van der Waals surface area contributed by atoms with Crippen molar-refractivity contribution in [1.82, 2.24) is 14.9 Å². The van der Waals surface area contributed by atoms with Crippen molar-refractivity contribution in [2.45, 2.75) is 26.8 Å². The van der Waals surface area contributed by atoms with E-state index in [1.54, 1.807) is 18.2 Å². The number of imidazole rings is 1. The van der Waals surface area contributed by atoms with E-state index in [1.807, 2.05) is 17.5 Å². The summed E-state index contributed by atoms with van der Waals surface area (Å²) in [5.41, 5.74) is 1.82. The highest BCUT2D eigenvalue weighted by atomic mass is 32.1. The Morgan fingerprint density at radius 2 is 2.12 bits per heavy atom. The Kier molecular flexibility index (Phi) is 5.37. The molecule has 6 nitrogen and oxygen atoms in total. The van der Waals surface area contributed by atoms with Crippen LogP contribution in [-0.2, 0) is 13.0 Å². The number of carbonyl (C=O) groups excluding carboxylic acids is 1. The fourth-order valence-corrected chi connectivity index (χ4v) is 3.50. The van der Waals surface area contributed by atoms with Crippen molar-refractivity contribution in [3.8, 4) is 0 Å². The summed E-state index contributed by atoms with van der Waals surface area (Å²) < 4.78 is 2.11. The average Bonchev–Trinajstić information content (AvgIpc) is 3.23. The maximum Gasteiger partial charge on any atom is 0.335 e. The molecule has 0 unspecified atom stereocenters. The van der Waals surface area contributed by atoms with Gasteiger partial charge in [0.2, 0.25) is 0 Å². The van der Waals surface area contributed by atoms with Crippen molar-refractivity contribution in [2.24, 2.45) is 5.92 Å². The number of fused-ring (bicyclic) bond motifs is 1. The van der Waals surface area contributed by atoms with Crippen molar-refractivity contribution in [2.75, 3.05) is 6.54 Å². The average molecular weight is 371 g/mol. The van der Waals surface area contributed by atoms with E-state index in [-0.39, 0.29) is 11.5 Å². The van der Waals surface area contributed by atoms with E-state index < -0.39 is 5.97 Å². The van der Waals surface area contributed by atoms with Gasteiger partial charge in [0.1, 0.15) is 5.82 Å². The molecule has 0 saturated carbocycles. The smallest absolute Gasteiger partial charge is 0.335 e. The van der Waals surface area contributed by atoms with Crippen LogP contribution >= 0.6 is 11.3 Å². The fraction of sp³-hybridized carbons (Fsp3) is 0.316. The monoisotopic (exact) mass is 371 g/mol. The molecule has 2 aromatic heterocycles. The fourth-order valence-electron chi connectivity index (χ4n) is 2.86. The summed E-state index contributed by atoms with van der Waals surface area (Å²) in [4.78, 5) is 28.6. The van der Waals surface area contributed by atoms with Gasteiger partial charge in [0, 0.05) is 19.5 Å². The molecule has 26 heavy (non-hydrogen) atoms. The Labute approximate surface area is 155 Å². The van der Waals surface area contributed by atoms with Gasteiger partial charge in [0.05, 0.1) is 21.5 Å².